The maximum absolute atomic E-state index is 10.9. The van der Waals surface area contributed by atoms with Crippen molar-refractivity contribution >= 4 is 15.9 Å². The summed E-state index contributed by atoms with van der Waals surface area (Å²) in [5, 5.41) is 6.37. The molecular formula is C10H7BrN2O. The number of aromatic amines is 1. The van der Waals surface area contributed by atoms with E-state index in [-0.39, 0.29) is 5.56 Å². The monoisotopic (exact) mass is 250 g/mol. The van der Waals surface area contributed by atoms with Crippen molar-refractivity contribution in [1.82, 2.24) is 10.2 Å². The van der Waals surface area contributed by atoms with Crippen LogP contribution in [-0.2, 0) is 0 Å². The van der Waals surface area contributed by atoms with Gasteiger partial charge in [-0.15, -0.1) is 0 Å². The van der Waals surface area contributed by atoms with Crippen molar-refractivity contribution in [3.63, 3.8) is 0 Å². The highest BCUT2D eigenvalue weighted by molar-refractivity contribution is 9.10. The van der Waals surface area contributed by atoms with Crippen LogP contribution in [0.15, 0.2) is 45.7 Å². The van der Waals surface area contributed by atoms with Crippen molar-refractivity contribution in [2.45, 2.75) is 0 Å². The molecule has 0 unspecified atom stereocenters. The van der Waals surface area contributed by atoms with Crippen LogP contribution in [0, 0.1) is 0 Å². The molecule has 3 nitrogen and oxygen atoms in total. The summed E-state index contributed by atoms with van der Waals surface area (Å²) in [6, 6.07) is 11.1. The minimum Gasteiger partial charge on any atom is -0.268 e. The van der Waals surface area contributed by atoms with Gasteiger partial charge in [-0.2, -0.15) is 5.10 Å². The van der Waals surface area contributed by atoms with Gasteiger partial charge in [-0.25, -0.2) is 5.10 Å². The molecule has 1 heterocycles. The van der Waals surface area contributed by atoms with Crippen molar-refractivity contribution in [2.24, 2.45) is 0 Å². The molecular weight excluding hydrogens is 244 g/mol. The fourth-order valence-electron chi connectivity index (χ4n) is 1.18. The van der Waals surface area contributed by atoms with Crippen LogP contribution in [0.2, 0.25) is 0 Å². The summed E-state index contributed by atoms with van der Waals surface area (Å²) in [6.07, 6.45) is 0. The van der Waals surface area contributed by atoms with Gasteiger partial charge in [0.2, 0.25) is 0 Å². The lowest BCUT2D eigenvalue weighted by Gasteiger charge is -2.00. The van der Waals surface area contributed by atoms with Gasteiger partial charge in [-0.3, -0.25) is 4.79 Å². The molecule has 0 saturated carbocycles. The molecule has 0 aliphatic carbocycles. The van der Waals surface area contributed by atoms with E-state index in [9.17, 15) is 4.79 Å². The van der Waals surface area contributed by atoms with E-state index in [0.717, 1.165) is 11.3 Å². The second-order valence-corrected chi connectivity index (χ2v) is 3.65. The smallest absolute Gasteiger partial charge is 0.265 e. The molecule has 0 amide bonds. The van der Waals surface area contributed by atoms with Gasteiger partial charge in [0, 0.05) is 11.6 Å². The van der Waals surface area contributed by atoms with Crippen molar-refractivity contribution in [1.29, 1.82) is 0 Å². The normalized spacial score (nSPS) is 10.1. The summed E-state index contributed by atoms with van der Waals surface area (Å²) in [7, 11) is 0. The SMILES string of the molecule is O=c1cc(Br)c(-c2ccccc2)n[nH]1. The van der Waals surface area contributed by atoms with Crippen LogP contribution in [0.3, 0.4) is 0 Å². The fourth-order valence-corrected chi connectivity index (χ4v) is 1.70. The second kappa shape index (κ2) is 3.75. The molecule has 0 saturated heterocycles. The van der Waals surface area contributed by atoms with Crippen LogP contribution < -0.4 is 5.56 Å². The van der Waals surface area contributed by atoms with Gasteiger partial charge in [0.1, 0.15) is 5.69 Å². The predicted molar refractivity (Wildman–Crippen MR) is 58.0 cm³/mol. The molecule has 0 aliphatic heterocycles. The van der Waals surface area contributed by atoms with Crippen LogP contribution in [0.1, 0.15) is 0 Å². The summed E-state index contributed by atoms with van der Waals surface area (Å²) in [5.74, 6) is 0. The lowest BCUT2D eigenvalue weighted by molar-refractivity contribution is 0.988. The average molecular weight is 251 g/mol. The molecule has 70 valence electrons. The van der Waals surface area contributed by atoms with E-state index >= 15 is 0 Å². The molecule has 1 aromatic carbocycles. The first-order valence-corrected chi connectivity index (χ1v) is 4.87. The molecule has 4 heteroatoms. The van der Waals surface area contributed by atoms with Crippen molar-refractivity contribution < 1.29 is 0 Å². The minimum atomic E-state index is -0.212. The first kappa shape index (κ1) is 9.15. The van der Waals surface area contributed by atoms with Gasteiger partial charge < -0.3 is 0 Å². The average Bonchev–Trinajstić information content (AvgIpc) is 2.19. The van der Waals surface area contributed by atoms with Gasteiger partial charge in [0.15, 0.2) is 0 Å². The van der Waals surface area contributed by atoms with E-state index in [2.05, 4.69) is 26.1 Å². The van der Waals surface area contributed by atoms with Gasteiger partial charge in [0.05, 0.1) is 4.47 Å². The summed E-state index contributed by atoms with van der Waals surface area (Å²) in [6.45, 7) is 0. The number of H-pyrrole nitrogens is 1. The maximum Gasteiger partial charge on any atom is 0.265 e. The molecule has 0 radical (unpaired) electrons. The van der Waals surface area contributed by atoms with Crippen molar-refractivity contribution in [3.8, 4) is 11.3 Å². The highest BCUT2D eigenvalue weighted by atomic mass is 79.9. The molecule has 2 aromatic rings. The minimum absolute atomic E-state index is 0.212. The summed E-state index contributed by atoms with van der Waals surface area (Å²) < 4.78 is 0.701. The maximum atomic E-state index is 10.9. The van der Waals surface area contributed by atoms with Crippen LogP contribution >= 0.6 is 15.9 Å². The zero-order valence-electron chi connectivity index (χ0n) is 7.20. The Morgan fingerprint density at radius 2 is 1.93 bits per heavy atom. The number of nitrogens with zero attached hydrogens (tertiary/aromatic N) is 1. The Hall–Kier alpha value is -1.42. The third kappa shape index (κ3) is 1.75. The second-order valence-electron chi connectivity index (χ2n) is 2.79. The first-order valence-electron chi connectivity index (χ1n) is 4.08. The molecule has 0 spiro atoms. The van der Waals surface area contributed by atoms with Gasteiger partial charge in [-0.1, -0.05) is 30.3 Å². The molecule has 0 bridgehead atoms. The summed E-state index contributed by atoms with van der Waals surface area (Å²) in [5.41, 5.74) is 1.50. The third-order valence-corrected chi connectivity index (χ3v) is 2.41. The largest absolute Gasteiger partial charge is 0.268 e. The summed E-state index contributed by atoms with van der Waals surface area (Å²) in [4.78, 5) is 10.9. The molecule has 0 atom stereocenters. The zero-order chi connectivity index (χ0) is 9.97. The Balaban J connectivity index is 2.58. The van der Waals surface area contributed by atoms with Crippen LogP contribution in [0.4, 0.5) is 0 Å². The first-order chi connectivity index (χ1) is 6.77. The Kier molecular flexibility index (Phi) is 2.45. The van der Waals surface area contributed by atoms with E-state index in [1.807, 2.05) is 30.3 Å². The topological polar surface area (TPSA) is 45.8 Å². The van der Waals surface area contributed by atoms with Crippen molar-refractivity contribution in [2.75, 3.05) is 0 Å². The molecule has 0 aliphatic rings. The Morgan fingerprint density at radius 3 is 2.57 bits per heavy atom. The van der Waals surface area contributed by atoms with E-state index in [4.69, 9.17) is 0 Å². The lowest BCUT2D eigenvalue weighted by atomic mass is 10.1. The van der Waals surface area contributed by atoms with E-state index in [1.165, 1.54) is 6.07 Å². The number of benzene rings is 1. The van der Waals surface area contributed by atoms with Gasteiger partial charge in [0.25, 0.3) is 5.56 Å². The predicted octanol–water partition coefficient (Wildman–Crippen LogP) is 2.20. The van der Waals surface area contributed by atoms with Gasteiger partial charge >= 0.3 is 0 Å². The number of nitrogens with one attached hydrogen (secondary N) is 1. The Bertz CT molecular complexity index is 493. The molecule has 2 rings (SSSR count). The highest BCUT2D eigenvalue weighted by Crippen LogP contribution is 2.23. The quantitative estimate of drug-likeness (QED) is 0.844. The number of hydrogen-bond acceptors (Lipinski definition) is 2. The number of rotatable bonds is 1. The Morgan fingerprint density at radius 1 is 1.21 bits per heavy atom. The molecule has 1 N–H and O–H groups in total. The Labute approximate surface area is 88.9 Å². The van der Waals surface area contributed by atoms with E-state index < -0.39 is 0 Å². The van der Waals surface area contributed by atoms with Crippen LogP contribution in [0.5, 0.6) is 0 Å². The standard InChI is InChI=1S/C10H7BrN2O/c11-8-6-9(14)12-13-10(8)7-4-2-1-3-5-7/h1-6H,(H,12,14). The number of aromatic nitrogens is 2. The van der Waals surface area contributed by atoms with Crippen molar-refractivity contribution in [3.05, 3.63) is 51.2 Å². The summed E-state index contributed by atoms with van der Waals surface area (Å²) >= 11 is 3.30. The van der Waals surface area contributed by atoms with E-state index in [1.54, 1.807) is 0 Å². The molecule has 1 aromatic heterocycles. The highest BCUT2D eigenvalue weighted by Gasteiger charge is 2.03. The third-order valence-electron chi connectivity index (χ3n) is 1.81. The number of hydrogen-bond donors (Lipinski definition) is 1. The van der Waals surface area contributed by atoms with Gasteiger partial charge in [-0.05, 0) is 15.9 Å². The number of halogens is 1. The fraction of sp³-hybridized carbons (Fsp3) is 0. The lowest BCUT2D eigenvalue weighted by Crippen LogP contribution is -2.06. The van der Waals surface area contributed by atoms with E-state index in [0.29, 0.717) is 4.47 Å². The molecule has 0 fully saturated rings. The van der Waals surface area contributed by atoms with Crippen LogP contribution in [0.25, 0.3) is 11.3 Å². The zero-order valence-corrected chi connectivity index (χ0v) is 8.78. The molecule has 14 heavy (non-hydrogen) atoms. The van der Waals surface area contributed by atoms with Crippen LogP contribution in [-0.4, -0.2) is 10.2 Å².